The van der Waals surface area contributed by atoms with E-state index >= 15 is 8.78 Å². The Morgan fingerprint density at radius 3 is 2.24 bits per heavy atom. The van der Waals surface area contributed by atoms with Gasteiger partial charge in [0.2, 0.25) is 10.7 Å². The fourth-order valence-electron chi connectivity index (χ4n) is 4.88. The number of carboxylic acids is 1. The first-order valence-corrected chi connectivity index (χ1v) is 12.7. The molecular weight excluding hydrogens is 573 g/mol. The molecule has 1 saturated heterocycles. The highest BCUT2D eigenvalue weighted by Gasteiger charge is 2.30. The van der Waals surface area contributed by atoms with Gasteiger partial charge in [0, 0.05) is 50.7 Å². The number of aryl methyl sites for hydroxylation is 1. The minimum absolute atomic E-state index is 0.0702. The summed E-state index contributed by atoms with van der Waals surface area (Å²) in [6, 6.07) is 6.53. The van der Waals surface area contributed by atoms with Gasteiger partial charge in [0.05, 0.1) is 16.5 Å². The number of pyridine rings is 1. The van der Waals surface area contributed by atoms with Crippen molar-refractivity contribution in [3.8, 4) is 0 Å². The van der Waals surface area contributed by atoms with Gasteiger partial charge in [-0.1, -0.05) is 12.1 Å². The first-order chi connectivity index (χ1) is 19.3. The van der Waals surface area contributed by atoms with Gasteiger partial charge in [0.25, 0.3) is 0 Å². The van der Waals surface area contributed by atoms with Gasteiger partial charge in [-0.2, -0.15) is 13.2 Å². The van der Waals surface area contributed by atoms with Gasteiger partial charge in [-0.25, -0.2) is 23.5 Å². The lowest BCUT2D eigenvalue weighted by Crippen LogP contribution is -2.47. The van der Waals surface area contributed by atoms with Crippen LogP contribution in [0.5, 0.6) is 0 Å². The molecule has 41 heavy (non-hydrogen) atoms. The van der Waals surface area contributed by atoms with Gasteiger partial charge in [0.15, 0.2) is 5.82 Å². The number of benzene rings is 2. The number of fused-ring (bicyclic) bond motifs is 1. The molecule has 1 aliphatic rings. The number of alkyl halides is 3. The Morgan fingerprint density at radius 1 is 1.02 bits per heavy atom. The number of hydrogen-bond acceptors (Lipinski definition) is 6. The molecule has 1 aliphatic heterocycles. The zero-order valence-electron chi connectivity index (χ0n) is 21.3. The van der Waals surface area contributed by atoms with Crippen molar-refractivity contribution < 1.29 is 31.9 Å². The van der Waals surface area contributed by atoms with Gasteiger partial charge < -0.3 is 19.5 Å². The maximum absolute atomic E-state index is 16.1. The van der Waals surface area contributed by atoms with Gasteiger partial charge in [-0.05, 0) is 42.3 Å². The topological polar surface area (TPSA) is 91.6 Å². The fourth-order valence-corrected chi connectivity index (χ4v) is 5.10. The van der Waals surface area contributed by atoms with Crippen LogP contribution in [0.3, 0.4) is 0 Å². The molecule has 0 unspecified atom stereocenters. The number of anilines is 2. The molecule has 2 aromatic carbocycles. The summed E-state index contributed by atoms with van der Waals surface area (Å²) in [6.45, 7) is 2.50. The number of halogens is 6. The summed E-state index contributed by atoms with van der Waals surface area (Å²) in [7, 11) is 0. The summed E-state index contributed by atoms with van der Waals surface area (Å²) in [5.74, 6) is -3.19. The molecule has 0 spiro atoms. The van der Waals surface area contributed by atoms with Crippen LogP contribution in [0.2, 0.25) is 5.28 Å². The van der Waals surface area contributed by atoms with E-state index in [-0.39, 0.29) is 36.0 Å². The van der Waals surface area contributed by atoms with Crippen LogP contribution in [0.15, 0.2) is 47.4 Å². The Balaban J connectivity index is 1.54. The second-order valence-electron chi connectivity index (χ2n) is 9.53. The number of piperazine rings is 1. The van der Waals surface area contributed by atoms with E-state index in [9.17, 15) is 27.9 Å². The molecule has 0 bridgehead atoms. The van der Waals surface area contributed by atoms with E-state index in [0.29, 0.717) is 24.6 Å². The first-order valence-electron chi connectivity index (χ1n) is 12.3. The third-order valence-corrected chi connectivity index (χ3v) is 7.00. The SMILES string of the molecule is Cc1cc(N2CCN(c3c(F)cc4c(=O)c(C(=O)O)cn(Cc5ccc(C(F)(F)F)cc5)c4c3F)CC2)nc(Cl)n1. The van der Waals surface area contributed by atoms with Crippen molar-refractivity contribution >= 4 is 40.0 Å². The molecule has 2 aromatic heterocycles. The zero-order chi connectivity index (χ0) is 29.6. The Labute approximate surface area is 234 Å². The van der Waals surface area contributed by atoms with Gasteiger partial charge in [-0.3, -0.25) is 4.79 Å². The molecule has 0 saturated carbocycles. The number of aromatic nitrogens is 3. The largest absolute Gasteiger partial charge is 0.477 e. The predicted molar refractivity (Wildman–Crippen MR) is 142 cm³/mol. The average Bonchev–Trinajstić information content (AvgIpc) is 2.89. The third-order valence-electron chi connectivity index (χ3n) is 6.83. The molecule has 4 aromatic rings. The molecular formula is C27H21ClF5N5O3. The average molecular weight is 594 g/mol. The van der Waals surface area contributed by atoms with Crippen molar-refractivity contribution in [1.29, 1.82) is 0 Å². The predicted octanol–water partition coefficient (Wildman–Crippen LogP) is 5.12. The molecule has 3 heterocycles. The number of nitrogens with zero attached hydrogens (tertiary/aromatic N) is 5. The Hall–Kier alpha value is -4.26. The zero-order valence-corrected chi connectivity index (χ0v) is 22.1. The van der Waals surface area contributed by atoms with Gasteiger partial charge in [-0.15, -0.1) is 0 Å². The van der Waals surface area contributed by atoms with E-state index in [2.05, 4.69) is 9.97 Å². The smallest absolute Gasteiger partial charge is 0.416 e. The summed E-state index contributed by atoms with van der Waals surface area (Å²) in [6.07, 6.45) is -3.66. The lowest BCUT2D eigenvalue weighted by atomic mass is 10.1. The maximum atomic E-state index is 16.1. The fraction of sp³-hybridized carbons (Fsp3) is 0.259. The number of carboxylic acid groups (broad SMARTS) is 1. The summed E-state index contributed by atoms with van der Waals surface area (Å²) in [4.78, 5) is 36.2. The van der Waals surface area contributed by atoms with Crippen molar-refractivity contribution in [3.63, 3.8) is 0 Å². The number of carbonyl (C=O) groups is 1. The third kappa shape index (κ3) is 5.53. The number of rotatable bonds is 5. The van der Waals surface area contributed by atoms with Crippen LogP contribution in [-0.4, -0.2) is 51.8 Å². The summed E-state index contributed by atoms with van der Waals surface area (Å²) < 4.78 is 71.6. The number of aromatic carboxylic acids is 1. The lowest BCUT2D eigenvalue weighted by molar-refractivity contribution is -0.137. The van der Waals surface area contributed by atoms with Crippen LogP contribution in [-0.2, 0) is 12.7 Å². The second-order valence-corrected chi connectivity index (χ2v) is 9.87. The van der Waals surface area contributed by atoms with E-state index in [4.69, 9.17) is 11.6 Å². The van der Waals surface area contributed by atoms with Crippen molar-refractivity contribution in [1.82, 2.24) is 14.5 Å². The highest BCUT2D eigenvalue weighted by molar-refractivity contribution is 6.28. The van der Waals surface area contributed by atoms with Crippen LogP contribution in [0, 0.1) is 18.6 Å². The Morgan fingerprint density at radius 2 is 1.66 bits per heavy atom. The van der Waals surface area contributed by atoms with Gasteiger partial charge >= 0.3 is 12.1 Å². The molecule has 214 valence electrons. The molecule has 14 heteroatoms. The van der Waals surface area contributed by atoms with Crippen molar-refractivity contribution in [3.05, 3.63) is 92.1 Å². The number of hydrogen-bond donors (Lipinski definition) is 1. The van der Waals surface area contributed by atoms with E-state index in [1.807, 2.05) is 4.90 Å². The quantitative estimate of drug-likeness (QED) is 0.254. The second kappa shape index (κ2) is 10.6. The molecule has 5 rings (SSSR count). The van der Waals surface area contributed by atoms with E-state index < -0.39 is 51.4 Å². The molecule has 0 atom stereocenters. The van der Waals surface area contributed by atoms with Crippen molar-refractivity contribution in [2.24, 2.45) is 0 Å². The van der Waals surface area contributed by atoms with E-state index in [1.165, 1.54) is 4.90 Å². The van der Waals surface area contributed by atoms with Gasteiger partial charge in [0.1, 0.15) is 22.9 Å². The maximum Gasteiger partial charge on any atom is 0.416 e. The summed E-state index contributed by atoms with van der Waals surface area (Å²) in [5, 5.41) is 9.11. The molecule has 8 nitrogen and oxygen atoms in total. The molecule has 0 radical (unpaired) electrons. The standard InChI is InChI=1S/C27H21ClF5N5O3/c1-14-10-20(35-26(28)34-14)36-6-8-37(9-7-36)23-19(29)11-17-22(21(23)30)38(13-18(24(17)39)25(40)41)12-15-2-4-16(5-3-15)27(31,32)33/h2-5,10-11,13H,6-9,12H2,1H3,(H,40,41). The Kier molecular flexibility index (Phi) is 7.32. The minimum atomic E-state index is -4.57. The van der Waals surface area contributed by atoms with E-state index in [1.54, 1.807) is 13.0 Å². The normalized spacial score (nSPS) is 14.1. The van der Waals surface area contributed by atoms with Crippen LogP contribution < -0.4 is 15.2 Å². The van der Waals surface area contributed by atoms with Crippen molar-refractivity contribution in [2.45, 2.75) is 19.6 Å². The molecule has 0 aliphatic carbocycles. The van der Waals surface area contributed by atoms with E-state index in [0.717, 1.165) is 41.1 Å². The monoisotopic (exact) mass is 593 g/mol. The summed E-state index contributed by atoms with van der Waals surface area (Å²) in [5.41, 5.74) is -2.55. The first kappa shape index (κ1) is 28.3. The highest BCUT2D eigenvalue weighted by Crippen LogP contribution is 2.33. The van der Waals surface area contributed by atoms with Crippen LogP contribution in [0.25, 0.3) is 10.9 Å². The van der Waals surface area contributed by atoms with Crippen LogP contribution >= 0.6 is 11.6 Å². The molecule has 1 N–H and O–H groups in total. The van der Waals surface area contributed by atoms with Crippen LogP contribution in [0.4, 0.5) is 33.5 Å². The Bertz CT molecular complexity index is 1700. The minimum Gasteiger partial charge on any atom is -0.477 e. The molecule has 0 amide bonds. The molecule has 1 fully saturated rings. The highest BCUT2D eigenvalue weighted by atomic mass is 35.5. The summed E-state index contributed by atoms with van der Waals surface area (Å²) >= 11 is 5.96. The van der Waals surface area contributed by atoms with Crippen LogP contribution in [0.1, 0.15) is 27.2 Å². The van der Waals surface area contributed by atoms with Crippen molar-refractivity contribution in [2.75, 3.05) is 36.0 Å². The lowest BCUT2D eigenvalue weighted by Gasteiger charge is -2.37.